The molecule has 3 nitrogen and oxygen atoms in total. The van der Waals surface area contributed by atoms with Crippen LogP contribution in [0.1, 0.15) is 20.8 Å². The second kappa shape index (κ2) is 8.73. The summed E-state index contributed by atoms with van der Waals surface area (Å²) in [4.78, 5) is 11.0. The number of thiocarbonyl (C=S) groups is 1. The van der Waals surface area contributed by atoms with E-state index in [0.29, 0.717) is 9.96 Å². The Morgan fingerprint density at radius 3 is 2.43 bits per heavy atom. The molecule has 0 spiro atoms. The van der Waals surface area contributed by atoms with Crippen molar-refractivity contribution in [1.82, 2.24) is 4.72 Å². The van der Waals surface area contributed by atoms with E-state index in [9.17, 15) is 4.79 Å². The molecule has 1 amide bonds. The van der Waals surface area contributed by atoms with Crippen LogP contribution < -0.4 is 4.72 Å². The fraction of sp³-hybridized carbons (Fsp3) is 0.500. The van der Waals surface area contributed by atoms with Crippen LogP contribution in [0.5, 0.6) is 0 Å². The first-order valence-corrected chi connectivity index (χ1v) is 4.99. The van der Waals surface area contributed by atoms with E-state index in [4.69, 9.17) is 17.0 Å². The molecule has 0 aromatic carbocycles. The number of hydrogen-bond acceptors (Lipinski definition) is 4. The Labute approximate surface area is 116 Å². The van der Waals surface area contributed by atoms with Crippen molar-refractivity contribution >= 4 is 64.0 Å². The van der Waals surface area contributed by atoms with E-state index >= 15 is 0 Å². The molecule has 0 aromatic heterocycles. The quantitative estimate of drug-likeness (QED) is 0.344. The Hall–Kier alpha value is 0.450. The van der Waals surface area contributed by atoms with Crippen molar-refractivity contribution in [3.63, 3.8) is 0 Å². The molecule has 14 heavy (non-hydrogen) atoms. The average Bonchev–Trinajstić information content (AvgIpc) is 1.98. The van der Waals surface area contributed by atoms with Crippen molar-refractivity contribution in [2.24, 2.45) is 0 Å². The molecule has 0 aromatic rings. The van der Waals surface area contributed by atoms with E-state index in [2.05, 4.69) is 11.3 Å². The van der Waals surface area contributed by atoms with Crippen molar-refractivity contribution in [2.75, 3.05) is 0 Å². The van der Waals surface area contributed by atoms with Gasteiger partial charge in [0.2, 0.25) is 4.38 Å². The van der Waals surface area contributed by atoms with Gasteiger partial charge in [-0.3, -0.25) is 9.52 Å². The Kier molecular flexibility index (Phi) is 10.5. The summed E-state index contributed by atoms with van der Waals surface area (Å²) < 4.78 is 7.94. The molecule has 0 aliphatic rings. The summed E-state index contributed by atoms with van der Waals surface area (Å²) in [7, 11) is 0. The van der Waals surface area contributed by atoms with Crippen LogP contribution in [0.3, 0.4) is 0 Å². The van der Waals surface area contributed by atoms with Crippen molar-refractivity contribution in [1.29, 1.82) is 0 Å². The van der Waals surface area contributed by atoms with Crippen molar-refractivity contribution in [3.8, 4) is 0 Å². The molecule has 76 valence electrons. The van der Waals surface area contributed by atoms with Gasteiger partial charge in [0, 0.05) is 17.5 Å². The Balaban J connectivity index is 0. The first-order valence-electron chi connectivity index (χ1n) is 3.76. The summed E-state index contributed by atoms with van der Waals surface area (Å²) >= 11 is 5.82. The van der Waals surface area contributed by atoms with Gasteiger partial charge in [0.25, 0.3) is 5.91 Å². The SMILES string of the molecule is C=C(C)C(=O)NSC(=S)OC(C)C.[NaH]. The Morgan fingerprint density at radius 2 is 2.07 bits per heavy atom. The van der Waals surface area contributed by atoms with Crippen LogP contribution in [-0.2, 0) is 9.53 Å². The number of carbonyl (C=O) groups excluding carboxylic acids is 1. The third-order valence-corrected chi connectivity index (χ3v) is 1.84. The fourth-order valence-electron chi connectivity index (χ4n) is 0.392. The van der Waals surface area contributed by atoms with Gasteiger partial charge in [-0.05, 0) is 33.0 Å². The molecule has 0 saturated heterocycles. The fourth-order valence-corrected chi connectivity index (χ4v) is 1.30. The van der Waals surface area contributed by atoms with Crippen LogP contribution in [0.4, 0.5) is 0 Å². The van der Waals surface area contributed by atoms with E-state index in [1.165, 1.54) is 0 Å². The van der Waals surface area contributed by atoms with Crippen LogP contribution >= 0.6 is 24.2 Å². The van der Waals surface area contributed by atoms with Crippen LogP contribution in [0.2, 0.25) is 0 Å². The summed E-state index contributed by atoms with van der Waals surface area (Å²) in [6.45, 7) is 8.85. The number of nitrogens with one attached hydrogen (secondary N) is 1. The summed E-state index contributed by atoms with van der Waals surface area (Å²) in [6, 6.07) is 0. The minimum absolute atomic E-state index is 0. The second-order valence-corrected chi connectivity index (χ2v) is 4.14. The maximum absolute atomic E-state index is 11.0. The van der Waals surface area contributed by atoms with Gasteiger partial charge >= 0.3 is 29.6 Å². The number of rotatable bonds is 2. The Bertz CT molecular complexity index is 231. The molecular weight excluding hydrogens is 229 g/mol. The molecule has 0 aliphatic heterocycles. The van der Waals surface area contributed by atoms with Gasteiger partial charge in [-0.15, -0.1) is 0 Å². The predicted molar refractivity (Wildman–Crippen MR) is 66.5 cm³/mol. The third kappa shape index (κ3) is 9.02. The number of hydrogen-bond donors (Lipinski definition) is 1. The zero-order valence-electron chi connectivity index (χ0n) is 7.92. The van der Waals surface area contributed by atoms with Gasteiger partial charge in [0.05, 0.1) is 6.10 Å². The number of carbonyl (C=O) groups is 1. The number of ether oxygens (including phenoxy) is 1. The predicted octanol–water partition coefficient (Wildman–Crippen LogP) is 1.39. The van der Waals surface area contributed by atoms with Crippen LogP contribution in [0, 0.1) is 0 Å². The molecular formula is C8H14NNaO2S2. The van der Waals surface area contributed by atoms with E-state index in [1.54, 1.807) is 6.92 Å². The van der Waals surface area contributed by atoms with Crippen LogP contribution in [-0.4, -0.2) is 46.0 Å². The van der Waals surface area contributed by atoms with E-state index < -0.39 is 0 Å². The monoisotopic (exact) mass is 243 g/mol. The van der Waals surface area contributed by atoms with Crippen molar-refractivity contribution < 1.29 is 9.53 Å². The van der Waals surface area contributed by atoms with Crippen molar-refractivity contribution in [3.05, 3.63) is 12.2 Å². The first-order chi connectivity index (χ1) is 5.93. The number of amides is 1. The summed E-state index contributed by atoms with van der Waals surface area (Å²) in [6.07, 6.45) is 0.0294. The van der Waals surface area contributed by atoms with E-state index in [1.807, 2.05) is 13.8 Å². The van der Waals surface area contributed by atoms with E-state index in [-0.39, 0.29) is 41.6 Å². The molecule has 1 N–H and O–H groups in total. The van der Waals surface area contributed by atoms with Gasteiger partial charge in [-0.2, -0.15) is 0 Å². The zero-order valence-corrected chi connectivity index (χ0v) is 9.55. The summed E-state index contributed by atoms with van der Waals surface area (Å²) in [5.41, 5.74) is 0.444. The first kappa shape index (κ1) is 16.9. The minimum atomic E-state index is -0.236. The standard InChI is InChI=1S/C8H13NO2S2.Na.H/c1-5(2)7(10)9-13-8(12)11-6(3)4;;/h6H,1H2,2-4H3,(H,9,10);;. The molecule has 6 heteroatoms. The topological polar surface area (TPSA) is 38.3 Å². The molecule has 0 unspecified atom stereocenters. The summed E-state index contributed by atoms with van der Waals surface area (Å²) in [5, 5.41) is 0. The van der Waals surface area contributed by atoms with Gasteiger partial charge in [-0.1, -0.05) is 6.58 Å². The van der Waals surface area contributed by atoms with Crippen molar-refractivity contribution in [2.45, 2.75) is 26.9 Å². The Morgan fingerprint density at radius 1 is 1.57 bits per heavy atom. The van der Waals surface area contributed by atoms with Crippen LogP contribution in [0.25, 0.3) is 0 Å². The molecule has 0 radical (unpaired) electrons. The molecule has 0 atom stereocenters. The molecule has 0 saturated carbocycles. The third-order valence-electron chi connectivity index (χ3n) is 0.947. The molecule has 0 bridgehead atoms. The maximum atomic E-state index is 11.0. The summed E-state index contributed by atoms with van der Waals surface area (Å²) in [5.74, 6) is -0.236. The molecule has 0 fully saturated rings. The zero-order chi connectivity index (χ0) is 10.4. The van der Waals surface area contributed by atoms with E-state index in [0.717, 1.165) is 11.9 Å². The molecule has 0 heterocycles. The van der Waals surface area contributed by atoms with Crippen LogP contribution in [0.15, 0.2) is 12.2 Å². The van der Waals surface area contributed by atoms with Gasteiger partial charge in [0.15, 0.2) is 0 Å². The van der Waals surface area contributed by atoms with Gasteiger partial charge < -0.3 is 4.74 Å². The second-order valence-electron chi connectivity index (χ2n) is 2.73. The molecule has 0 aliphatic carbocycles. The van der Waals surface area contributed by atoms with Gasteiger partial charge in [-0.25, -0.2) is 0 Å². The molecule has 0 rings (SSSR count). The average molecular weight is 243 g/mol. The normalized spacial score (nSPS) is 8.86. The van der Waals surface area contributed by atoms with Gasteiger partial charge in [0.1, 0.15) is 0 Å².